The second-order valence-corrected chi connectivity index (χ2v) is 9.30. The highest BCUT2D eigenvalue weighted by Gasteiger charge is 2.35. The van der Waals surface area contributed by atoms with Gasteiger partial charge in [-0.05, 0) is 55.5 Å². The number of nitrogens with zero attached hydrogens (tertiary/aromatic N) is 7. The van der Waals surface area contributed by atoms with Crippen LogP contribution in [0.15, 0.2) is 55.0 Å². The highest BCUT2D eigenvalue weighted by Crippen LogP contribution is 2.32. The summed E-state index contributed by atoms with van der Waals surface area (Å²) in [4.78, 5) is 19.0. The van der Waals surface area contributed by atoms with Crippen molar-refractivity contribution in [3.63, 3.8) is 0 Å². The van der Waals surface area contributed by atoms with Gasteiger partial charge in [0.05, 0.1) is 28.6 Å². The first kappa shape index (κ1) is 20.2. The van der Waals surface area contributed by atoms with E-state index in [2.05, 4.69) is 25.9 Å². The van der Waals surface area contributed by atoms with Crippen LogP contribution in [0.2, 0.25) is 0 Å². The standard InChI is InChI=1S/C25H26FN7/c1-17-3-6-24(33-8-2-7-28-33)23(29-17)16-31-12-18-9-19(13-31)15-32(14-18)25-11-27-22-10-20(26)4-5-21(22)30-25/h2-8,10-11,18-19H,9,12-16H2,1H3. The van der Waals surface area contributed by atoms with Crippen LogP contribution in [0.4, 0.5) is 10.2 Å². The zero-order valence-corrected chi connectivity index (χ0v) is 18.6. The minimum absolute atomic E-state index is 0.282. The summed E-state index contributed by atoms with van der Waals surface area (Å²) in [7, 11) is 0. The quantitative estimate of drug-likeness (QED) is 0.480. The lowest BCUT2D eigenvalue weighted by Crippen LogP contribution is -2.52. The summed E-state index contributed by atoms with van der Waals surface area (Å²) < 4.78 is 15.4. The van der Waals surface area contributed by atoms with E-state index < -0.39 is 0 Å². The van der Waals surface area contributed by atoms with Gasteiger partial charge in [0.1, 0.15) is 11.6 Å². The van der Waals surface area contributed by atoms with Gasteiger partial charge >= 0.3 is 0 Å². The highest BCUT2D eigenvalue weighted by atomic mass is 19.1. The van der Waals surface area contributed by atoms with Gasteiger partial charge < -0.3 is 4.90 Å². The van der Waals surface area contributed by atoms with Crippen molar-refractivity contribution >= 4 is 16.9 Å². The van der Waals surface area contributed by atoms with Crippen molar-refractivity contribution in [3.05, 3.63) is 72.2 Å². The molecule has 0 radical (unpaired) electrons. The number of hydrogen-bond acceptors (Lipinski definition) is 6. The smallest absolute Gasteiger partial charge is 0.147 e. The van der Waals surface area contributed by atoms with Gasteiger partial charge in [-0.15, -0.1) is 0 Å². The van der Waals surface area contributed by atoms with Crippen LogP contribution in [0.3, 0.4) is 0 Å². The number of rotatable bonds is 4. The molecule has 0 N–H and O–H groups in total. The van der Waals surface area contributed by atoms with Crippen molar-refractivity contribution < 1.29 is 4.39 Å². The van der Waals surface area contributed by atoms with Crippen LogP contribution in [-0.4, -0.2) is 55.8 Å². The summed E-state index contributed by atoms with van der Waals surface area (Å²) in [6, 6.07) is 10.7. The zero-order chi connectivity index (χ0) is 22.4. The van der Waals surface area contributed by atoms with Crippen LogP contribution in [0.5, 0.6) is 0 Å². The molecule has 2 aliphatic heterocycles. The van der Waals surface area contributed by atoms with Gasteiger partial charge in [0.25, 0.3) is 0 Å². The van der Waals surface area contributed by atoms with Gasteiger partial charge in [-0.25, -0.2) is 14.1 Å². The Morgan fingerprint density at radius 3 is 2.64 bits per heavy atom. The van der Waals surface area contributed by atoms with E-state index in [-0.39, 0.29) is 5.82 Å². The van der Waals surface area contributed by atoms with E-state index in [9.17, 15) is 4.39 Å². The van der Waals surface area contributed by atoms with Gasteiger partial charge in [0, 0.05) is 56.9 Å². The normalized spacial score (nSPS) is 21.0. The molecule has 3 aromatic heterocycles. The number of halogens is 1. The Hall–Kier alpha value is -3.39. The topological polar surface area (TPSA) is 63.0 Å². The molecule has 2 unspecified atom stereocenters. The number of pyridine rings is 1. The summed E-state index contributed by atoms with van der Waals surface area (Å²) in [6.45, 7) is 6.85. The predicted molar refractivity (Wildman–Crippen MR) is 125 cm³/mol. The first-order valence-electron chi connectivity index (χ1n) is 11.5. The van der Waals surface area contributed by atoms with Crippen molar-refractivity contribution in [3.8, 4) is 5.69 Å². The molecule has 6 rings (SSSR count). The molecule has 2 bridgehead atoms. The maximum Gasteiger partial charge on any atom is 0.147 e. The Kier molecular flexibility index (Phi) is 5.02. The van der Waals surface area contributed by atoms with Crippen LogP contribution in [-0.2, 0) is 6.54 Å². The van der Waals surface area contributed by atoms with E-state index in [1.54, 1.807) is 18.5 Å². The largest absolute Gasteiger partial charge is 0.355 e. The second-order valence-electron chi connectivity index (χ2n) is 9.30. The number of benzene rings is 1. The summed E-state index contributed by atoms with van der Waals surface area (Å²) in [6.07, 6.45) is 6.80. The fraction of sp³-hybridized carbons (Fsp3) is 0.360. The second kappa shape index (κ2) is 8.19. The number of fused-ring (bicyclic) bond motifs is 3. The Morgan fingerprint density at radius 2 is 1.85 bits per heavy atom. The molecule has 168 valence electrons. The number of piperidine rings is 2. The fourth-order valence-corrected chi connectivity index (χ4v) is 5.38. The molecule has 7 nitrogen and oxygen atoms in total. The molecule has 2 fully saturated rings. The number of aryl methyl sites for hydroxylation is 1. The lowest BCUT2D eigenvalue weighted by atomic mass is 9.84. The molecule has 1 aromatic carbocycles. The van der Waals surface area contributed by atoms with Gasteiger partial charge in [-0.1, -0.05) is 0 Å². The van der Waals surface area contributed by atoms with Crippen LogP contribution < -0.4 is 4.90 Å². The third-order valence-corrected chi connectivity index (χ3v) is 6.69. The zero-order valence-electron chi connectivity index (χ0n) is 18.6. The number of likely N-dealkylation sites (tertiary alicyclic amines) is 1. The predicted octanol–water partition coefficient (Wildman–Crippen LogP) is 3.62. The molecule has 2 saturated heterocycles. The molecular formula is C25H26FN7. The third kappa shape index (κ3) is 4.06. The average Bonchev–Trinajstić information content (AvgIpc) is 3.33. The lowest BCUT2D eigenvalue weighted by molar-refractivity contribution is 0.101. The average molecular weight is 444 g/mol. The van der Waals surface area contributed by atoms with E-state index in [4.69, 9.17) is 9.97 Å². The Balaban J connectivity index is 1.19. The summed E-state index contributed by atoms with van der Waals surface area (Å²) in [5, 5.41) is 4.41. The van der Waals surface area contributed by atoms with Crippen LogP contribution >= 0.6 is 0 Å². The van der Waals surface area contributed by atoms with Crippen molar-refractivity contribution in [2.75, 3.05) is 31.1 Å². The Labute approximate surface area is 191 Å². The molecule has 2 aliphatic rings. The number of anilines is 1. The SMILES string of the molecule is Cc1ccc(-n2cccn2)c(CN2CC3CC(C2)CN(c2cnc4cc(F)ccc4n2)C3)n1. The maximum atomic E-state index is 13.5. The van der Waals surface area contributed by atoms with Gasteiger partial charge in [-0.2, -0.15) is 5.10 Å². The first-order chi connectivity index (χ1) is 16.1. The molecular weight excluding hydrogens is 417 g/mol. The molecule has 4 aromatic rings. The number of aromatic nitrogens is 5. The minimum Gasteiger partial charge on any atom is -0.355 e. The highest BCUT2D eigenvalue weighted by molar-refractivity contribution is 5.75. The number of hydrogen-bond donors (Lipinski definition) is 0. The molecule has 0 spiro atoms. The first-order valence-corrected chi connectivity index (χ1v) is 11.5. The van der Waals surface area contributed by atoms with E-state index in [1.165, 1.54) is 18.6 Å². The monoisotopic (exact) mass is 443 g/mol. The Bertz CT molecular complexity index is 1280. The van der Waals surface area contributed by atoms with Crippen molar-refractivity contribution in [1.29, 1.82) is 0 Å². The lowest BCUT2D eigenvalue weighted by Gasteiger charge is -2.46. The molecule has 8 heteroatoms. The van der Waals surface area contributed by atoms with E-state index >= 15 is 0 Å². The molecule has 2 atom stereocenters. The molecule has 0 saturated carbocycles. The molecule has 33 heavy (non-hydrogen) atoms. The fourth-order valence-electron chi connectivity index (χ4n) is 5.38. The third-order valence-electron chi connectivity index (χ3n) is 6.69. The van der Waals surface area contributed by atoms with Crippen LogP contribution in [0.25, 0.3) is 16.7 Å². The van der Waals surface area contributed by atoms with E-state index in [0.717, 1.165) is 61.1 Å². The molecule has 0 amide bonds. The van der Waals surface area contributed by atoms with Crippen LogP contribution in [0.1, 0.15) is 17.8 Å². The van der Waals surface area contributed by atoms with Crippen LogP contribution in [0, 0.1) is 24.6 Å². The summed E-state index contributed by atoms with van der Waals surface area (Å²) in [5.74, 6) is 1.75. The minimum atomic E-state index is -0.282. The summed E-state index contributed by atoms with van der Waals surface area (Å²) >= 11 is 0. The van der Waals surface area contributed by atoms with Gasteiger partial charge in [0.2, 0.25) is 0 Å². The van der Waals surface area contributed by atoms with Crippen molar-refractivity contribution in [2.24, 2.45) is 11.8 Å². The van der Waals surface area contributed by atoms with E-state index in [0.29, 0.717) is 17.4 Å². The summed E-state index contributed by atoms with van der Waals surface area (Å²) in [5.41, 5.74) is 4.48. The van der Waals surface area contributed by atoms with Crippen molar-refractivity contribution in [2.45, 2.75) is 19.9 Å². The maximum absolute atomic E-state index is 13.5. The van der Waals surface area contributed by atoms with Gasteiger partial charge in [-0.3, -0.25) is 14.9 Å². The Morgan fingerprint density at radius 1 is 1.00 bits per heavy atom. The molecule has 0 aliphatic carbocycles. The molecule has 5 heterocycles. The van der Waals surface area contributed by atoms with Gasteiger partial charge in [0.15, 0.2) is 0 Å². The van der Waals surface area contributed by atoms with Crippen molar-refractivity contribution in [1.82, 2.24) is 29.6 Å². The van der Waals surface area contributed by atoms with E-state index in [1.807, 2.05) is 29.9 Å².